The van der Waals surface area contributed by atoms with Crippen molar-refractivity contribution in [3.63, 3.8) is 0 Å². The van der Waals surface area contributed by atoms with Crippen LogP contribution in [0.5, 0.6) is 0 Å². The summed E-state index contributed by atoms with van der Waals surface area (Å²) in [6.07, 6.45) is 0.879. The highest BCUT2D eigenvalue weighted by atomic mass is 32.2. The van der Waals surface area contributed by atoms with Gasteiger partial charge in [-0.3, -0.25) is 9.69 Å². The maximum Gasteiger partial charge on any atom is 0.243 e. The highest BCUT2D eigenvalue weighted by molar-refractivity contribution is 7.89. The number of sulfonamides is 1. The molecule has 160 valence electrons. The predicted octanol–water partition coefficient (Wildman–Crippen LogP) is 2.59. The second kappa shape index (κ2) is 8.13. The van der Waals surface area contributed by atoms with Gasteiger partial charge < -0.3 is 4.90 Å². The minimum absolute atomic E-state index is 0.0814. The first-order chi connectivity index (χ1) is 14.3. The Morgan fingerprint density at radius 1 is 1.00 bits per heavy atom. The van der Waals surface area contributed by atoms with E-state index >= 15 is 0 Å². The number of hydrogen-bond donors (Lipinski definition) is 0. The van der Waals surface area contributed by atoms with Gasteiger partial charge in [0, 0.05) is 37.9 Å². The molecular formula is C23H29N3O3S. The van der Waals surface area contributed by atoms with Crippen LogP contribution in [0.15, 0.2) is 47.4 Å². The number of rotatable bonds is 4. The number of carbonyl (C=O) groups excluding carboxylic acids is 1. The molecule has 2 aliphatic rings. The molecule has 1 saturated heterocycles. The van der Waals surface area contributed by atoms with Crippen LogP contribution in [0.3, 0.4) is 0 Å². The Morgan fingerprint density at radius 2 is 1.70 bits per heavy atom. The molecule has 0 radical (unpaired) electrons. The van der Waals surface area contributed by atoms with E-state index in [0.29, 0.717) is 37.6 Å². The molecule has 0 unspecified atom stereocenters. The number of para-hydroxylation sites is 1. The van der Waals surface area contributed by atoms with E-state index in [1.165, 1.54) is 9.87 Å². The fraction of sp³-hybridized carbons (Fsp3) is 0.435. The number of carbonyl (C=O) groups is 1. The maximum absolute atomic E-state index is 13.0. The molecule has 0 aromatic heterocycles. The van der Waals surface area contributed by atoms with Crippen LogP contribution >= 0.6 is 0 Å². The van der Waals surface area contributed by atoms with Crippen molar-refractivity contribution in [1.82, 2.24) is 9.21 Å². The van der Waals surface area contributed by atoms with Gasteiger partial charge in [-0.2, -0.15) is 4.31 Å². The van der Waals surface area contributed by atoms with E-state index in [-0.39, 0.29) is 11.9 Å². The molecule has 2 aromatic carbocycles. The van der Waals surface area contributed by atoms with E-state index in [0.717, 1.165) is 23.2 Å². The molecule has 1 atom stereocenters. The Labute approximate surface area is 179 Å². The number of hydrogen-bond acceptors (Lipinski definition) is 4. The van der Waals surface area contributed by atoms with Crippen LogP contribution in [0.2, 0.25) is 0 Å². The fourth-order valence-corrected chi connectivity index (χ4v) is 5.87. The lowest BCUT2D eigenvalue weighted by Gasteiger charge is -2.35. The molecule has 0 N–H and O–H groups in total. The fourth-order valence-electron chi connectivity index (χ4n) is 4.36. The number of amides is 1. The van der Waals surface area contributed by atoms with E-state index in [9.17, 15) is 13.2 Å². The van der Waals surface area contributed by atoms with Crippen molar-refractivity contribution in [2.45, 2.75) is 38.1 Å². The average Bonchev–Trinajstić information content (AvgIpc) is 3.06. The van der Waals surface area contributed by atoms with Gasteiger partial charge in [0.05, 0.1) is 11.4 Å². The van der Waals surface area contributed by atoms with Crippen LogP contribution in [-0.4, -0.2) is 62.3 Å². The Morgan fingerprint density at radius 3 is 2.40 bits per heavy atom. The molecule has 6 nitrogen and oxygen atoms in total. The van der Waals surface area contributed by atoms with Crippen molar-refractivity contribution < 1.29 is 13.2 Å². The van der Waals surface area contributed by atoms with Crippen LogP contribution in [0, 0.1) is 13.8 Å². The standard InChI is InChI=1S/C23H29N3O3S/c1-17-8-9-21(14-18(17)2)30(28,29)25-12-10-24(11-13-25)16-23(27)26-19(3)15-20-6-4-5-7-22(20)26/h4-9,14,19H,10-13,15-16H2,1-3H3/t19-/m1/s1. The minimum atomic E-state index is -3.51. The SMILES string of the molecule is Cc1ccc(S(=O)(=O)N2CCN(CC(=O)N3c4ccccc4C[C@H]3C)CC2)cc1C. The zero-order valence-electron chi connectivity index (χ0n) is 17.8. The van der Waals surface area contributed by atoms with Crippen LogP contribution in [0.25, 0.3) is 0 Å². The van der Waals surface area contributed by atoms with Crippen molar-refractivity contribution >= 4 is 21.6 Å². The molecule has 1 amide bonds. The van der Waals surface area contributed by atoms with Gasteiger partial charge in [0.15, 0.2) is 0 Å². The molecule has 0 saturated carbocycles. The lowest BCUT2D eigenvalue weighted by molar-refractivity contribution is -0.120. The number of piperazine rings is 1. The molecule has 0 spiro atoms. The van der Waals surface area contributed by atoms with Crippen LogP contribution in [0.4, 0.5) is 5.69 Å². The largest absolute Gasteiger partial charge is 0.308 e. The molecule has 2 heterocycles. The summed E-state index contributed by atoms with van der Waals surface area (Å²) < 4.78 is 27.5. The summed E-state index contributed by atoms with van der Waals surface area (Å²) in [4.78, 5) is 17.3. The lowest BCUT2D eigenvalue weighted by atomic mass is 10.1. The van der Waals surface area contributed by atoms with E-state index in [1.54, 1.807) is 12.1 Å². The number of nitrogens with zero attached hydrogens (tertiary/aromatic N) is 3. The zero-order valence-corrected chi connectivity index (χ0v) is 18.7. The summed E-state index contributed by atoms with van der Waals surface area (Å²) in [5, 5.41) is 0. The topological polar surface area (TPSA) is 60.9 Å². The number of anilines is 1. The third-order valence-corrected chi connectivity index (χ3v) is 8.18. The van der Waals surface area contributed by atoms with Gasteiger partial charge in [-0.05, 0) is 62.1 Å². The minimum Gasteiger partial charge on any atom is -0.308 e. The van der Waals surface area contributed by atoms with Crippen LogP contribution in [-0.2, 0) is 21.2 Å². The highest BCUT2D eigenvalue weighted by Gasteiger charge is 2.33. The second-order valence-electron chi connectivity index (χ2n) is 8.37. The summed E-state index contributed by atoms with van der Waals surface area (Å²) in [7, 11) is -3.51. The summed E-state index contributed by atoms with van der Waals surface area (Å²) in [5.41, 5.74) is 4.27. The van der Waals surface area contributed by atoms with Crippen molar-refractivity contribution in [2.75, 3.05) is 37.6 Å². The van der Waals surface area contributed by atoms with E-state index in [1.807, 2.05) is 43.0 Å². The van der Waals surface area contributed by atoms with E-state index < -0.39 is 10.0 Å². The molecule has 1 fully saturated rings. The van der Waals surface area contributed by atoms with Gasteiger partial charge in [0.25, 0.3) is 0 Å². The van der Waals surface area contributed by atoms with Gasteiger partial charge in [-0.25, -0.2) is 8.42 Å². The van der Waals surface area contributed by atoms with Crippen LogP contribution < -0.4 is 4.90 Å². The second-order valence-corrected chi connectivity index (χ2v) is 10.3. The van der Waals surface area contributed by atoms with Gasteiger partial charge in [0.2, 0.25) is 15.9 Å². The van der Waals surface area contributed by atoms with Crippen molar-refractivity contribution in [3.05, 3.63) is 59.2 Å². The molecule has 0 aliphatic carbocycles. The Bertz CT molecular complexity index is 1060. The smallest absolute Gasteiger partial charge is 0.243 e. The van der Waals surface area contributed by atoms with Gasteiger partial charge >= 0.3 is 0 Å². The summed E-state index contributed by atoms with van der Waals surface area (Å²) in [5.74, 6) is 0.0814. The van der Waals surface area contributed by atoms with Crippen molar-refractivity contribution in [1.29, 1.82) is 0 Å². The molecule has 2 aliphatic heterocycles. The normalized spacial score (nSPS) is 20.4. The molecule has 4 rings (SSSR count). The predicted molar refractivity (Wildman–Crippen MR) is 118 cm³/mol. The number of benzene rings is 2. The molecule has 2 aromatic rings. The molecule has 7 heteroatoms. The van der Waals surface area contributed by atoms with E-state index in [2.05, 4.69) is 17.9 Å². The van der Waals surface area contributed by atoms with Gasteiger partial charge in [-0.15, -0.1) is 0 Å². The van der Waals surface area contributed by atoms with Crippen molar-refractivity contribution in [3.8, 4) is 0 Å². The Kier molecular flexibility index (Phi) is 5.70. The maximum atomic E-state index is 13.0. The van der Waals surface area contributed by atoms with Gasteiger partial charge in [0.1, 0.15) is 0 Å². The van der Waals surface area contributed by atoms with Crippen molar-refractivity contribution in [2.24, 2.45) is 0 Å². The number of aryl methyl sites for hydroxylation is 2. The van der Waals surface area contributed by atoms with E-state index in [4.69, 9.17) is 0 Å². The first-order valence-corrected chi connectivity index (χ1v) is 11.9. The third-order valence-electron chi connectivity index (χ3n) is 6.28. The quantitative estimate of drug-likeness (QED) is 0.753. The third kappa shape index (κ3) is 3.89. The lowest BCUT2D eigenvalue weighted by Crippen LogP contribution is -2.52. The van der Waals surface area contributed by atoms with Gasteiger partial charge in [-0.1, -0.05) is 24.3 Å². The first-order valence-electron chi connectivity index (χ1n) is 10.5. The monoisotopic (exact) mass is 427 g/mol. The molecule has 30 heavy (non-hydrogen) atoms. The summed E-state index contributed by atoms with van der Waals surface area (Å²) >= 11 is 0. The Balaban J connectivity index is 1.39. The van der Waals surface area contributed by atoms with Crippen LogP contribution in [0.1, 0.15) is 23.6 Å². The summed E-state index contributed by atoms with van der Waals surface area (Å²) in [6.45, 7) is 8.20. The summed E-state index contributed by atoms with van der Waals surface area (Å²) in [6, 6.07) is 13.5. The highest BCUT2D eigenvalue weighted by Crippen LogP contribution is 2.32. The molecule has 0 bridgehead atoms. The Hall–Kier alpha value is -2.22. The molecular weight excluding hydrogens is 398 g/mol. The first kappa shape index (κ1) is 21.0. The number of fused-ring (bicyclic) bond motifs is 1. The zero-order chi connectivity index (χ0) is 21.5. The average molecular weight is 428 g/mol.